The Balaban J connectivity index is 2.29. The lowest BCUT2D eigenvalue weighted by Crippen LogP contribution is -2.45. The quantitative estimate of drug-likeness (QED) is 0.523. The van der Waals surface area contributed by atoms with Crippen molar-refractivity contribution in [3.05, 3.63) is 34.6 Å². The molecule has 2 rings (SSSR count). The molecule has 0 saturated carbocycles. The third-order valence-electron chi connectivity index (χ3n) is 3.86. The zero-order chi connectivity index (χ0) is 15.6. The highest BCUT2D eigenvalue weighted by atomic mass is 19.2. The van der Waals surface area contributed by atoms with Gasteiger partial charge in [-0.15, -0.1) is 0 Å². The summed E-state index contributed by atoms with van der Waals surface area (Å²) in [6.07, 6.45) is 1.74. The molecule has 7 heteroatoms. The van der Waals surface area contributed by atoms with Crippen LogP contribution in [0.5, 0.6) is 0 Å². The molecule has 1 saturated heterocycles. The van der Waals surface area contributed by atoms with Crippen LogP contribution < -0.4 is 5.32 Å². The fourth-order valence-electron chi connectivity index (χ4n) is 2.64. The van der Waals surface area contributed by atoms with E-state index >= 15 is 0 Å². The summed E-state index contributed by atoms with van der Waals surface area (Å²) in [5, 5.41) is 3.16. The molecule has 2 nitrogen and oxygen atoms in total. The zero-order valence-corrected chi connectivity index (χ0v) is 11.7. The van der Waals surface area contributed by atoms with Gasteiger partial charge in [-0.05, 0) is 25.9 Å². The fourth-order valence-corrected chi connectivity index (χ4v) is 2.64. The molecule has 0 aromatic heterocycles. The summed E-state index contributed by atoms with van der Waals surface area (Å²) in [6, 6.07) is 0.0266. The van der Waals surface area contributed by atoms with Crippen LogP contribution in [0.3, 0.4) is 0 Å². The van der Waals surface area contributed by atoms with Crippen molar-refractivity contribution in [1.29, 1.82) is 0 Å². The van der Waals surface area contributed by atoms with Gasteiger partial charge in [-0.25, -0.2) is 22.0 Å². The molecule has 1 unspecified atom stereocenters. The molecule has 118 valence electrons. The Morgan fingerprint density at radius 3 is 2.05 bits per heavy atom. The second kappa shape index (κ2) is 6.70. The number of hydrogen-bond acceptors (Lipinski definition) is 2. The molecule has 0 amide bonds. The van der Waals surface area contributed by atoms with Crippen molar-refractivity contribution in [2.24, 2.45) is 0 Å². The lowest BCUT2D eigenvalue weighted by atomic mass is 10.0. The van der Waals surface area contributed by atoms with E-state index in [4.69, 9.17) is 0 Å². The fraction of sp³-hybridized carbons (Fsp3) is 0.571. The van der Waals surface area contributed by atoms with Crippen molar-refractivity contribution in [1.82, 2.24) is 10.2 Å². The molecule has 0 aliphatic carbocycles. The third kappa shape index (κ3) is 3.18. The van der Waals surface area contributed by atoms with E-state index in [1.807, 2.05) is 0 Å². The van der Waals surface area contributed by atoms with E-state index in [1.165, 1.54) is 0 Å². The first-order chi connectivity index (χ1) is 9.97. The molecule has 0 radical (unpaired) electrons. The monoisotopic (exact) mass is 308 g/mol. The Morgan fingerprint density at radius 2 is 1.57 bits per heavy atom. The van der Waals surface area contributed by atoms with E-state index < -0.39 is 34.6 Å². The highest BCUT2D eigenvalue weighted by molar-refractivity contribution is 5.24. The summed E-state index contributed by atoms with van der Waals surface area (Å²) >= 11 is 0. The van der Waals surface area contributed by atoms with E-state index in [0.717, 1.165) is 19.4 Å². The summed E-state index contributed by atoms with van der Waals surface area (Å²) in [7, 11) is 0. The predicted octanol–water partition coefficient (Wildman–Crippen LogP) is 2.96. The van der Waals surface area contributed by atoms with Crippen molar-refractivity contribution in [2.45, 2.75) is 32.4 Å². The van der Waals surface area contributed by atoms with Crippen LogP contribution in [0.2, 0.25) is 0 Å². The normalized spacial score (nSPS) is 19.3. The van der Waals surface area contributed by atoms with E-state index in [1.54, 1.807) is 11.8 Å². The number of rotatable bonds is 4. The molecule has 21 heavy (non-hydrogen) atoms. The van der Waals surface area contributed by atoms with Crippen molar-refractivity contribution in [3.63, 3.8) is 0 Å². The maximum Gasteiger partial charge on any atom is 0.200 e. The minimum Gasteiger partial charge on any atom is -0.315 e. The second-order valence-corrected chi connectivity index (χ2v) is 5.11. The number of piperidine rings is 1. The minimum atomic E-state index is -2.11. The van der Waals surface area contributed by atoms with Gasteiger partial charge in [-0.2, -0.15) is 0 Å². The first-order valence-electron chi connectivity index (χ1n) is 6.92. The standard InChI is InChI=1S/C14H17F5N2/c1-2-21(8-4-3-5-20-6-8)7-9-10(15)12(17)14(19)13(18)11(9)16/h8,20H,2-7H2,1H3. The number of nitrogens with one attached hydrogen (secondary N) is 1. The number of benzene rings is 1. The molecule has 1 atom stereocenters. The van der Waals surface area contributed by atoms with Gasteiger partial charge in [0.2, 0.25) is 5.82 Å². The van der Waals surface area contributed by atoms with Gasteiger partial charge in [-0.3, -0.25) is 4.90 Å². The van der Waals surface area contributed by atoms with Crippen LogP contribution in [0.15, 0.2) is 0 Å². The molecule has 1 heterocycles. The molecule has 1 aliphatic rings. The lowest BCUT2D eigenvalue weighted by Gasteiger charge is -2.34. The highest BCUT2D eigenvalue weighted by Crippen LogP contribution is 2.25. The van der Waals surface area contributed by atoms with E-state index in [0.29, 0.717) is 13.1 Å². The Bertz CT molecular complexity index is 486. The summed E-state index contributed by atoms with van der Waals surface area (Å²) in [5.74, 6) is -9.37. The van der Waals surface area contributed by atoms with Crippen molar-refractivity contribution >= 4 is 0 Å². The number of hydrogen-bond donors (Lipinski definition) is 1. The average molecular weight is 308 g/mol. The Morgan fingerprint density at radius 1 is 1.00 bits per heavy atom. The predicted molar refractivity (Wildman–Crippen MR) is 68.2 cm³/mol. The number of nitrogens with zero attached hydrogens (tertiary/aromatic N) is 1. The maximum absolute atomic E-state index is 13.7. The van der Waals surface area contributed by atoms with Crippen molar-refractivity contribution in [2.75, 3.05) is 19.6 Å². The molecule has 0 bridgehead atoms. The van der Waals surface area contributed by atoms with Crippen molar-refractivity contribution < 1.29 is 22.0 Å². The number of likely N-dealkylation sites (N-methyl/N-ethyl adjacent to an activating group) is 1. The van der Waals surface area contributed by atoms with Gasteiger partial charge in [-0.1, -0.05) is 6.92 Å². The average Bonchev–Trinajstić information content (AvgIpc) is 2.52. The highest BCUT2D eigenvalue weighted by Gasteiger charge is 2.28. The molecular formula is C14H17F5N2. The van der Waals surface area contributed by atoms with Crippen LogP contribution >= 0.6 is 0 Å². The first kappa shape index (κ1) is 16.2. The summed E-state index contributed by atoms with van der Waals surface area (Å²) in [6.45, 7) is 3.47. The minimum absolute atomic E-state index is 0.0266. The smallest absolute Gasteiger partial charge is 0.200 e. The summed E-state index contributed by atoms with van der Waals surface area (Å²) < 4.78 is 66.8. The van der Waals surface area contributed by atoms with Crippen LogP contribution in [-0.4, -0.2) is 30.6 Å². The first-order valence-corrected chi connectivity index (χ1v) is 6.92. The van der Waals surface area contributed by atoms with Crippen LogP contribution in [0.4, 0.5) is 22.0 Å². The third-order valence-corrected chi connectivity index (χ3v) is 3.86. The maximum atomic E-state index is 13.7. The van der Waals surface area contributed by atoms with Gasteiger partial charge < -0.3 is 5.32 Å². The van der Waals surface area contributed by atoms with Gasteiger partial charge in [0.1, 0.15) is 0 Å². The SMILES string of the molecule is CCN(Cc1c(F)c(F)c(F)c(F)c1F)C1CCCNC1. The molecule has 1 aromatic carbocycles. The molecule has 1 aromatic rings. The van der Waals surface area contributed by atoms with Crippen LogP contribution in [-0.2, 0) is 6.54 Å². The summed E-state index contributed by atoms with van der Waals surface area (Å²) in [4.78, 5) is 1.73. The second-order valence-electron chi connectivity index (χ2n) is 5.11. The van der Waals surface area contributed by atoms with Crippen LogP contribution in [0.25, 0.3) is 0 Å². The number of halogens is 5. The van der Waals surface area contributed by atoms with Gasteiger partial charge in [0.15, 0.2) is 23.3 Å². The lowest BCUT2D eigenvalue weighted by molar-refractivity contribution is 0.160. The molecule has 0 spiro atoms. The Hall–Kier alpha value is -1.21. The Labute approximate surface area is 119 Å². The van der Waals surface area contributed by atoms with Gasteiger partial charge in [0.25, 0.3) is 0 Å². The topological polar surface area (TPSA) is 15.3 Å². The van der Waals surface area contributed by atoms with Gasteiger partial charge >= 0.3 is 0 Å². The van der Waals surface area contributed by atoms with E-state index in [9.17, 15) is 22.0 Å². The Kier molecular flexibility index (Phi) is 5.16. The summed E-state index contributed by atoms with van der Waals surface area (Å²) in [5.41, 5.74) is -0.765. The molecular weight excluding hydrogens is 291 g/mol. The zero-order valence-electron chi connectivity index (χ0n) is 11.7. The van der Waals surface area contributed by atoms with Gasteiger partial charge in [0, 0.05) is 24.7 Å². The van der Waals surface area contributed by atoms with Crippen LogP contribution in [0.1, 0.15) is 25.3 Å². The largest absolute Gasteiger partial charge is 0.315 e. The molecule has 1 fully saturated rings. The molecule has 1 N–H and O–H groups in total. The van der Waals surface area contributed by atoms with Gasteiger partial charge in [0.05, 0.1) is 0 Å². The van der Waals surface area contributed by atoms with Crippen LogP contribution in [0, 0.1) is 29.1 Å². The van der Waals surface area contributed by atoms with E-state index in [2.05, 4.69) is 5.32 Å². The van der Waals surface area contributed by atoms with Crippen molar-refractivity contribution in [3.8, 4) is 0 Å². The van der Waals surface area contributed by atoms with E-state index in [-0.39, 0.29) is 12.6 Å². The molecule has 1 aliphatic heterocycles.